The van der Waals surface area contributed by atoms with Gasteiger partial charge < -0.3 is 25.7 Å². The van der Waals surface area contributed by atoms with Crippen LogP contribution in [0.4, 0.5) is 10.5 Å². The largest absolute Gasteiger partial charge is 0.491 e. The number of aryl methyl sites for hydroxylation is 2. The molecule has 0 unspecified atom stereocenters. The second-order valence-corrected chi connectivity index (χ2v) is 8.10. The number of unbranched alkanes of at least 4 members (excludes halogenated alkanes) is 2. The van der Waals surface area contributed by atoms with Gasteiger partial charge in [0.15, 0.2) is 5.69 Å². The number of urea groups is 1. The molecular weight excluding hydrogens is 430 g/mol. The van der Waals surface area contributed by atoms with Crippen LogP contribution in [0.5, 0.6) is 5.75 Å². The standard InChI is InChI=1S/C26H33N5O3/c1-3-4-8-15-28-26(33)30-22-19(2)11-9-14-21(22)34-17-10-16-31-18-29-23(25(27)32)24(31)20-12-6-5-7-13-20/h5-7,9,11-14,18H,3-4,8,10,15-17H2,1-2H3,(H2,27,32)(H2,28,30,33). The van der Waals surface area contributed by atoms with Crippen LogP contribution in [0.25, 0.3) is 11.3 Å². The fourth-order valence-electron chi connectivity index (χ4n) is 3.70. The van der Waals surface area contributed by atoms with Gasteiger partial charge in [-0.3, -0.25) is 4.79 Å². The number of ether oxygens (including phenoxy) is 1. The average molecular weight is 464 g/mol. The maximum absolute atomic E-state index is 12.3. The highest BCUT2D eigenvalue weighted by molar-refractivity contribution is 5.97. The Morgan fingerprint density at radius 2 is 1.85 bits per heavy atom. The molecule has 2 aromatic carbocycles. The molecule has 0 saturated carbocycles. The Bertz CT molecular complexity index is 1100. The van der Waals surface area contributed by atoms with Gasteiger partial charge in [0.25, 0.3) is 5.91 Å². The van der Waals surface area contributed by atoms with E-state index in [0.29, 0.717) is 43.2 Å². The SMILES string of the molecule is CCCCCNC(=O)Nc1c(C)cccc1OCCCn1cnc(C(N)=O)c1-c1ccccc1. The molecule has 3 aromatic rings. The van der Waals surface area contributed by atoms with Gasteiger partial charge in [0.05, 0.1) is 24.3 Å². The molecule has 0 atom stereocenters. The topological polar surface area (TPSA) is 111 Å². The Morgan fingerprint density at radius 1 is 1.06 bits per heavy atom. The highest BCUT2D eigenvalue weighted by Crippen LogP contribution is 2.28. The minimum Gasteiger partial charge on any atom is -0.491 e. The zero-order valence-electron chi connectivity index (χ0n) is 19.8. The van der Waals surface area contributed by atoms with Gasteiger partial charge in [-0.25, -0.2) is 9.78 Å². The van der Waals surface area contributed by atoms with Gasteiger partial charge in [-0.2, -0.15) is 0 Å². The predicted molar refractivity (Wildman–Crippen MR) is 134 cm³/mol. The Labute approximate surface area is 200 Å². The van der Waals surface area contributed by atoms with Crippen molar-refractivity contribution < 1.29 is 14.3 Å². The number of nitrogens with one attached hydrogen (secondary N) is 2. The predicted octanol–water partition coefficient (Wildman–Crippen LogP) is 4.74. The Hall–Kier alpha value is -3.81. The number of hydrogen-bond acceptors (Lipinski definition) is 4. The molecule has 1 heterocycles. The molecule has 0 bridgehead atoms. The summed E-state index contributed by atoms with van der Waals surface area (Å²) in [6.07, 6.45) is 5.45. The van der Waals surface area contributed by atoms with Gasteiger partial charge in [-0.1, -0.05) is 62.2 Å². The normalized spacial score (nSPS) is 10.6. The first-order chi connectivity index (χ1) is 16.5. The zero-order valence-corrected chi connectivity index (χ0v) is 19.8. The summed E-state index contributed by atoms with van der Waals surface area (Å²) in [7, 11) is 0. The summed E-state index contributed by atoms with van der Waals surface area (Å²) >= 11 is 0. The van der Waals surface area contributed by atoms with Gasteiger partial charge in [0.2, 0.25) is 0 Å². The lowest BCUT2D eigenvalue weighted by Gasteiger charge is -2.16. The molecule has 1 aromatic heterocycles. The second kappa shape index (κ2) is 12.4. The van der Waals surface area contributed by atoms with Crippen LogP contribution in [0.15, 0.2) is 54.9 Å². The molecule has 0 aliphatic carbocycles. The lowest BCUT2D eigenvalue weighted by atomic mass is 10.1. The highest BCUT2D eigenvalue weighted by Gasteiger charge is 2.17. The number of carbonyl (C=O) groups is 2. The van der Waals surface area contributed by atoms with Crippen molar-refractivity contribution in [1.82, 2.24) is 14.9 Å². The molecule has 180 valence electrons. The number of amides is 3. The second-order valence-electron chi connectivity index (χ2n) is 8.10. The molecule has 4 N–H and O–H groups in total. The van der Waals surface area contributed by atoms with Crippen LogP contribution in [-0.4, -0.2) is 34.6 Å². The fourth-order valence-corrected chi connectivity index (χ4v) is 3.70. The van der Waals surface area contributed by atoms with E-state index in [1.807, 2.05) is 60.0 Å². The molecule has 3 rings (SSSR count). The molecule has 0 aliphatic rings. The van der Waals surface area contributed by atoms with Crippen molar-refractivity contribution in [3.8, 4) is 17.0 Å². The lowest BCUT2D eigenvalue weighted by molar-refractivity contribution is 0.0996. The zero-order chi connectivity index (χ0) is 24.3. The summed E-state index contributed by atoms with van der Waals surface area (Å²) < 4.78 is 7.93. The monoisotopic (exact) mass is 463 g/mol. The number of hydrogen-bond donors (Lipinski definition) is 3. The number of benzene rings is 2. The first kappa shape index (κ1) is 24.8. The van der Waals surface area contributed by atoms with Crippen LogP contribution in [-0.2, 0) is 6.54 Å². The molecule has 0 fully saturated rings. The first-order valence-corrected chi connectivity index (χ1v) is 11.7. The molecule has 8 heteroatoms. The molecule has 0 saturated heterocycles. The van der Waals surface area contributed by atoms with Crippen LogP contribution < -0.4 is 21.1 Å². The van der Waals surface area contributed by atoms with E-state index >= 15 is 0 Å². The number of nitrogens with two attached hydrogens (primary N) is 1. The third kappa shape index (κ3) is 6.60. The van der Waals surface area contributed by atoms with Crippen LogP contribution in [0, 0.1) is 6.92 Å². The molecule has 0 spiro atoms. The number of primary amides is 1. The number of imidazole rings is 1. The Morgan fingerprint density at radius 3 is 2.59 bits per heavy atom. The molecule has 0 radical (unpaired) electrons. The van der Waals surface area contributed by atoms with Crippen molar-refractivity contribution in [2.45, 2.75) is 46.1 Å². The summed E-state index contributed by atoms with van der Waals surface area (Å²) in [6, 6.07) is 15.0. The minimum atomic E-state index is -0.558. The van der Waals surface area contributed by atoms with E-state index in [-0.39, 0.29) is 11.7 Å². The van der Waals surface area contributed by atoms with E-state index in [0.717, 1.165) is 30.4 Å². The van der Waals surface area contributed by atoms with Crippen molar-refractivity contribution in [1.29, 1.82) is 0 Å². The average Bonchev–Trinajstić information content (AvgIpc) is 3.26. The van der Waals surface area contributed by atoms with Crippen molar-refractivity contribution in [3.05, 3.63) is 66.1 Å². The van der Waals surface area contributed by atoms with Gasteiger partial charge in [-0.05, 0) is 31.4 Å². The van der Waals surface area contributed by atoms with Crippen LogP contribution in [0.1, 0.15) is 48.7 Å². The van der Waals surface area contributed by atoms with Crippen LogP contribution in [0.3, 0.4) is 0 Å². The number of nitrogens with zero attached hydrogens (tertiary/aromatic N) is 2. The maximum atomic E-state index is 12.3. The number of para-hydroxylation sites is 1. The summed E-state index contributed by atoms with van der Waals surface area (Å²) in [4.78, 5) is 28.4. The van der Waals surface area contributed by atoms with Crippen molar-refractivity contribution >= 4 is 17.6 Å². The summed E-state index contributed by atoms with van der Waals surface area (Å²) in [6.45, 7) is 5.72. The van der Waals surface area contributed by atoms with E-state index < -0.39 is 5.91 Å². The fraction of sp³-hybridized carbons (Fsp3) is 0.346. The smallest absolute Gasteiger partial charge is 0.319 e. The van der Waals surface area contributed by atoms with Crippen molar-refractivity contribution in [2.75, 3.05) is 18.5 Å². The van der Waals surface area contributed by atoms with E-state index in [4.69, 9.17) is 10.5 Å². The van der Waals surface area contributed by atoms with E-state index in [1.54, 1.807) is 6.33 Å². The summed E-state index contributed by atoms with van der Waals surface area (Å²) in [5, 5.41) is 5.81. The molecule has 8 nitrogen and oxygen atoms in total. The molecule has 3 amide bonds. The van der Waals surface area contributed by atoms with Crippen LogP contribution >= 0.6 is 0 Å². The first-order valence-electron chi connectivity index (χ1n) is 11.7. The molecular formula is C26H33N5O3. The Kier molecular flexibility index (Phi) is 9.08. The molecule has 0 aliphatic heterocycles. The third-order valence-corrected chi connectivity index (χ3v) is 5.46. The van der Waals surface area contributed by atoms with E-state index in [9.17, 15) is 9.59 Å². The quantitative estimate of drug-likeness (QED) is 0.337. The van der Waals surface area contributed by atoms with Gasteiger partial charge in [0.1, 0.15) is 5.75 Å². The van der Waals surface area contributed by atoms with E-state index in [2.05, 4.69) is 22.5 Å². The third-order valence-electron chi connectivity index (χ3n) is 5.46. The van der Waals surface area contributed by atoms with Crippen molar-refractivity contribution in [2.24, 2.45) is 5.73 Å². The summed E-state index contributed by atoms with van der Waals surface area (Å²) in [5.74, 6) is 0.0627. The summed E-state index contributed by atoms with van der Waals surface area (Å²) in [5.41, 5.74) is 8.95. The van der Waals surface area contributed by atoms with E-state index in [1.165, 1.54) is 0 Å². The lowest BCUT2D eigenvalue weighted by Crippen LogP contribution is -2.30. The minimum absolute atomic E-state index is 0.236. The van der Waals surface area contributed by atoms with Gasteiger partial charge in [0, 0.05) is 18.7 Å². The highest BCUT2D eigenvalue weighted by atomic mass is 16.5. The molecule has 34 heavy (non-hydrogen) atoms. The van der Waals surface area contributed by atoms with Gasteiger partial charge >= 0.3 is 6.03 Å². The number of anilines is 1. The maximum Gasteiger partial charge on any atom is 0.319 e. The number of aromatic nitrogens is 2. The van der Waals surface area contributed by atoms with Crippen LogP contribution in [0.2, 0.25) is 0 Å². The number of rotatable bonds is 12. The van der Waals surface area contributed by atoms with Crippen molar-refractivity contribution in [3.63, 3.8) is 0 Å². The van der Waals surface area contributed by atoms with Gasteiger partial charge in [-0.15, -0.1) is 0 Å². The Balaban J connectivity index is 1.61. The number of carbonyl (C=O) groups excluding carboxylic acids is 2.